The minimum Gasteiger partial charge on any atom is -0.151 e. The van der Waals surface area contributed by atoms with Gasteiger partial charge in [0.05, 0.1) is 6.54 Å². The van der Waals surface area contributed by atoms with Crippen molar-refractivity contribution >= 4 is 9.24 Å². The summed E-state index contributed by atoms with van der Waals surface area (Å²) in [6, 6.07) is 0. The molecule has 0 radical (unpaired) electrons. The van der Waals surface area contributed by atoms with Crippen LogP contribution in [0.5, 0.6) is 0 Å². The lowest BCUT2D eigenvalue weighted by atomic mass is 10.0. The number of nitroso groups, excluding NO2 is 1. The van der Waals surface area contributed by atoms with Gasteiger partial charge in [-0.25, -0.2) is 0 Å². The number of nitrogens with zero attached hydrogens (tertiary/aromatic N) is 1. The van der Waals surface area contributed by atoms with E-state index in [0.717, 1.165) is 6.42 Å². The van der Waals surface area contributed by atoms with Crippen molar-refractivity contribution in [2.75, 3.05) is 6.54 Å². The molecule has 0 bridgehead atoms. The fraction of sp³-hybridized carbons (Fsp3) is 1.00. The highest BCUT2D eigenvalue weighted by Gasteiger charge is 2.16. The lowest BCUT2D eigenvalue weighted by molar-refractivity contribution is 0.560. The molecule has 3 heteroatoms. The van der Waals surface area contributed by atoms with Crippen molar-refractivity contribution in [2.24, 2.45) is 5.18 Å². The standard InChI is InChI=1S/C7H16NOP/c1-3-4-5-7(2,10)6-8-9/h3-6,10H2,1-2H3. The summed E-state index contributed by atoms with van der Waals surface area (Å²) in [5, 5.41) is 2.93. The third-order valence-electron chi connectivity index (χ3n) is 1.53. The van der Waals surface area contributed by atoms with Gasteiger partial charge in [-0.2, -0.15) is 4.91 Å². The Balaban J connectivity index is 3.51. The molecule has 2 unspecified atom stereocenters. The summed E-state index contributed by atoms with van der Waals surface area (Å²) in [6.07, 6.45) is 3.43. The monoisotopic (exact) mass is 161 g/mol. The maximum atomic E-state index is 9.92. The van der Waals surface area contributed by atoms with Gasteiger partial charge in [0.2, 0.25) is 0 Å². The van der Waals surface area contributed by atoms with E-state index in [1.165, 1.54) is 12.8 Å². The zero-order valence-corrected chi connectivity index (χ0v) is 7.92. The lowest BCUT2D eigenvalue weighted by Gasteiger charge is -2.19. The largest absolute Gasteiger partial charge is 0.151 e. The van der Waals surface area contributed by atoms with Gasteiger partial charge < -0.3 is 0 Å². The van der Waals surface area contributed by atoms with Gasteiger partial charge in [0.25, 0.3) is 0 Å². The van der Waals surface area contributed by atoms with Crippen molar-refractivity contribution in [1.82, 2.24) is 0 Å². The number of unbranched alkanes of at least 4 members (excludes halogenated alkanes) is 1. The van der Waals surface area contributed by atoms with Crippen LogP contribution in [0, 0.1) is 4.91 Å². The first-order chi connectivity index (χ1) is 4.62. The molecule has 0 heterocycles. The topological polar surface area (TPSA) is 29.4 Å². The fourth-order valence-corrected chi connectivity index (χ4v) is 1.09. The molecular formula is C7H16NOP. The van der Waals surface area contributed by atoms with E-state index >= 15 is 0 Å². The summed E-state index contributed by atoms with van der Waals surface area (Å²) in [5.41, 5.74) is 0. The second-order valence-electron chi connectivity index (χ2n) is 3.04. The van der Waals surface area contributed by atoms with Gasteiger partial charge in [0.15, 0.2) is 0 Å². The van der Waals surface area contributed by atoms with Crippen LogP contribution in [0.4, 0.5) is 0 Å². The van der Waals surface area contributed by atoms with Crippen molar-refractivity contribution in [2.45, 2.75) is 38.3 Å². The molecule has 0 aromatic heterocycles. The van der Waals surface area contributed by atoms with E-state index in [-0.39, 0.29) is 5.16 Å². The number of rotatable bonds is 5. The molecule has 0 aliphatic carbocycles. The van der Waals surface area contributed by atoms with Crippen molar-refractivity contribution in [3.63, 3.8) is 0 Å². The van der Waals surface area contributed by atoms with Gasteiger partial charge in [-0.15, -0.1) is 9.24 Å². The lowest BCUT2D eigenvalue weighted by Crippen LogP contribution is -2.18. The Morgan fingerprint density at radius 3 is 2.60 bits per heavy atom. The minimum absolute atomic E-state index is 0.0394. The quantitative estimate of drug-likeness (QED) is 0.450. The van der Waals surface area contributed by atoms with Crippen molar-refractivity contribution in [1.29, 1.82) is 0 Å². The van der Waals surface area contributed by atoms with Crippen LogP contribution in [-0.2, 0) is 0 Å². The first kappa shape index (κ1) is 10.0. The Morgan fingerprint density at radius 2 is 2.20 bits per heavy atom. The van der Waals surface area contributed by atoms with E-state index in [0.29, 0.717) is 6.54 Å². The van der Waals surface area contributed by atoms with Crippen LogP contribution in [0.2, 0.25) is 0 Å². The highest BCUT2D eigenvalue weighted by molar-refractivity contribution is 7.19. The van der Waals surface area contributed by atoms with Crippen LogP contribution in [0.25, 0.3) is 0 Å². The summed E-state index contributed by atoms with van der Waals surface area (Å²) in [4.78, 5) is 9.92. The van der Waals surface area contributed by atoms with Crippen LogP contribution >= 0.6 is 9.24 Å². The second-order valence-corrected chi connectivity index (χ2v) is 4.44. The number of hydrogen-bond acceptors (Lipinski definition) is 2. The molecule has 0 saturated heterocycles. The van der Waals surface area contributed by atoms with Crippen LogP contribution in [0.3, 0.4) is 0 Å². The molecule has 0 N–H and O–H groups in total. The van der Waals surface area contributed by atoms with Crippen LogP contribution in [-0.4, -0.2) is 11.7 Å². The van der Waals surface area contributed by atoms with Gasteiger partial charge >= 0.3 is 0 Å². The van der Waals surface area contributed by atoms with Crippen molar-refractivity contribution < 1.29 is 0 Å². The van der Waals surface area contributed by atoms with E-state index in [9.17, 15) is 4.91 Å². The Bertz CT molecular complexity index is 104. The first-order valence-electron chi connectivity index (χ1n) is 3.70. The second kappa shape index (κ2) is 4.79. The summed E-state index contributed by atoms with van der Waals surface area (Å²) < 4.78 is 0. The third-order valence-corrected chi connectivity index (χ3v) is 2.00. The SMILES string of the molecule is CCCCC(C)(P)CN=O. The molecule has 10 heavy (non-hydrogen) atoms. The van der Waals surface area contributed by atoms with E-state index in [1.807, 2.05) is 0 Å². The summed E-state index contributed by atoms with van der Waals surface area (Å²) in [6.45, 7) is 4.61. The smallest absolute Gasteiger partial charge is 0.0898 e. The molecule has 0 fully saturated rings. The maximum Gasteiger partial charge on any atom is 0.0898 e. The average molecular weight is 161 g/mol. The molecule has 2 atom stereocenters. The first-order valence-corrected chi connectivity index (χ1v) is 4.28. The minimum atomic E-state index is 0.0394. The van der Waals surface area contributed by atoms with Crippen molar-refractivity contribution in [3.05, 3.63) is 4.91 Å². The summed E-state index contributed by atoms with van der Waals surface area (Å²) in [7, 11) is 2.69. The predicted molar refractivity (Wildman–Crippen MR) is 48.3 cm³/mol. The van der Waals surface area contributed by atoms with Crippen LogP contribution in [0.15, 0.2) is 5.18 Å². The summed E-state index contributed by atoms with van der Waals surface area (Å²) >= 11 is 0. The Morgan fingerprint density at radius 1 is 1.60 bits per heavy atom. The van der Waals surface area contributed by atoms with Crippen molar-refractivity contribution in [3.8, 4) is 0 Å². The molecule has 2 nitrogen and oxygen atoms in total. The molecular weight excluding hydrogens is 145 g/mol. The van der Waals surface area contributed by atoms with Gasteiger partial charge in [-0.3, -0.25) is 0 Å². The third kappa shape index (κ3) is 4.87. The molecule has 0 aliphatic heterocycles. The van der Waals surface area contributed by atoms with Gasteiger partial charge in [0, 0.05) is 5.16 Å². The molecule has 0 rings (SSSR count). The van der Waals surface area contributed by atoms with E-state index in [4.69, 9.17) is 0 Å². The zero-order valence-electron chi connectivity index (χ0n) is 6.76. The Hall–Kier alpha value is 0.0300. The zero-order chi connectivity index (χ0) is 8.04. The molecule has 0 amide bonds. The molecule has 0 aromatic carbocycles. The highest BCUT2D eigenvalue weighted by Crippen LogP contribution is 2.24. The Kier molecular flexibility index (Phi) is 4.80. The van der Waals surface area contributed by atoms with Gasteiger partial charge in [-0.1, -0.05) is 31.9 Å². The summed E-state index contributed by atoms with van der Waals surface area (Å²) in [5.74, 6) is 0. The fourth-order valence-electron chi connectivity index (χ4n) is 0.807. The van der Waals surface area contributed by atoms with E-state index in [1.54, 1.807) is 0 Å². The molecule has 0 spiro atoms. The van der Waals surface area contributed by atoms with E-state index < -0.39 is 0 Å². The predicted octanol–water partition coefficient (Wildman–Crippen LogP) is 2.58. The molecule has 60 valence electrons. The van der Waals surface area contributed by atoms with Gasteiger partial charge in [-0.05, 0) is 6.42 Å². The van der Waals surface area contributed by atoms with Crippen LogP contribution in [0.1, 0.15) is 33.1 Å². The van der Waals surface area contributed by atoms with Gasteiger partial charge in [0.1, 0.15) is 0 Å². The Labute approximate surface area is 65.0 Å². The molecule has 0 aliphatic rings. The number of hydrogen-bond donors (Lipinski definition) is 0. The normalized spacial score (nSPS) is 16.3. The molecule has 0 aromatic rings. The highest BCUT2D eigenvalue weighted by atomic mass is 31.0. The van der Waals surface area contributed by atoms with Crippen LogP contribution < -0.4 is 0 Å². The average Bonchev–Trinajstić information content (AvgIpc) is 1.84. The maximum absolute atomic E-state index is 9.92. The molecule has 0 saturated carbocycles. The van der Waals surface area contributed by atoms with E-state index in [2.05, 4.69) is 28.3 Å².